The smallest absolute Gasteiger partial charge is 0.311 e. The Morgan fingerprint density at radius 3 is 2.48 bits per heavy atom. The molecule has 0 aromatic heterocycles. The van der Waals surface area contributed by atoms with Crippen molar-refractivity contribution in [2.24, 2.45) is 5.92 Å². The first kappa shape index (κ1) is 20.9. The molecule has 152 valence electrons. The predicted molar refractivity (Wildman–Crippen MR) is 109 cm³/mol. The Hall–Kier alpha value is -2.87. The summed E-state index contributed by atoms with van der Waals surface area (Å²) in [4.78, 5) is 38.6. The van der Waals surface area contributed by atoms with Gasteiger partial charge in [-0.15, -0.1) is 0 Å². The van der Waals surface area contributed by atoms with E-state index in [0.29, 0.717) is 22.7 Å². The first-order valence-electron chi connectivity index (χ1n) is 8.90. The van der Waals surface area contributed by atoms with Crippen molar-refractivity contribution in [1.29, 1.82) is 0 Å². The number of methoxy groups -OCH3 is 2. The molecular weight excluding hydrogens is 442 g/mol. The number of rotatable bonds is 7. The minimum Gasteiger partial charge on any atom is -0.497 e. The van der Waals surface area contributed by atoms with Crippen molar-refractivity contribution in [3.05, 3.63) is 52.5 Å². The van der Waals surface area contributed by atoms with E-state index in [0.717, 1.165) is 4.47 Å². The monoisotopic (exact) mass is 461 g/mol. The number of ether oxygens (including phenoxy) is 3. The summed E-state index contributed by atoms with van der Waals surface area (Å²) in [5, 5.41) is 0. The number of esters is 1. The number of ketones is 1. The van der Waals surface area contributed by atoms with Crippen molar-refractivity contribution >= 4 is 39.3 Å². The lowest BCUT2D eigenvalue weighted by atomic mass is 10.1. The second kappa shape index (κ2) is 9.09. The molecule has 1 aliphatic rings. The van der Waals surface area contributed by atoms with Gasteiger partial charge in [0.05, 0.1) is 25.8 Å². The van der Waals surface area contributed by atoms with Crippen molar-refractivity contribution in [3.8, 4) is 11.5 Å². The molecule has 2 aromatic carbocycles. The van der Waals surface area contributed by atoms with E-state index in [-0.39, 0.29) is 31.3 Å². The fourth-order valence-corrected chi connectivity index (χ4v) is 3.34. The lowest BCUT2D eigenvalue weighted by Crippen LogP contribution is -2.27. The van der Waals surface area contributed by atoms with Gasteiger partial charge in [-0.3, -0.25) is 14.4 Å². The summed E-state index contributed by atoms with van der Waals surface area (Å²) < 4.78 is 16.6. The predicted octanol–water partition coefficient (Wildman–Crippen LogP) is 3.25. The number of carbonyl (C=O) groups is 3. The summed E-state index contributed by atoms with van der Waals surface area (Å²) in [5.41, 5.74) is 0.976. The quantitative estimate of drug-likeness (QED) is 0.464. The third kappa shape index (κ3) is 4.76. The normalized spacial score (nSPS) is 15.9. The molecule has 3 rings (SSSR count). The standard InChI is InChI=1S/C21H20BrNO6/c1-27-16-7-8-19(28-2)17(10-16)23-11-14(9-20(23)25)21(26)29-12-18(24)13-3-5-15(22)6-4-13/h3-8,10,14H,9,11-12H2,1-2H3/t14-/m1/s1. The average Bonchev–Trinajstić information content (AvgIpc) is 3.13. The van der Waals surface area contributed by atoms with E-state index in [1.807, 2.05) is 0 Å². The van der Waals surface area contributed by atoms with Crippen molar-refractivity contribution in [1.82, 2.24) is 0 Å². The van der Waals surface area contributed by atoms with E-state index in [4.69, 9.17) is 14.2 Å². The maximum atomic E-state index is 12.5. The van der Waals surface area contributed by atoms with Crippen LogP contribution in [0, 0.1) is 5.92 Å². The number of benzene rings is 2. The minimum absolute atomic E-state index is 0.00563. The summed E-state index contributed by atoms with van der Waals surface area (Å²) >= 11 is 3.30. The van der Waals surface area contributed by atoms with Crippen LogP contribution in [0.4, 0.5) is 5.69 Å². The summed E-state index contributed by atoms with van der Waals surface area (Å²) in [6.07, 6.45) is 0.00563. The fraction of sp³-hybridized carbons (Fsp3) is 0.286. The van der Waals surface area contributed by atoms with Gasteiger partial charge >= 0.3 is 5.97 Å². The highest BCUT2D eigenvalue weighted by Crippen LogP contribution is 2.36. The Morgan fingerprint density at radius 2 is 1.83 bits per heavy atom. The second-order valence-corrected chi connectivity index (χ2v) is 7.40. The molecule has 2 aromatic rings. The van der Waals surface area contributed by atoms with E-state index in [2.05, 4.69) is 15.9 Å². The van der Waals surface area contributed by atoms with Crippen LogP contribution in [-0.2, 0) is 14.3 Å². The summed E-state index contributed by atoms with van der Waals surface area (Å²) in [7, 11) is 3.03. The molecule has 0 saturated carbocycles. The van der Waals surface area contributed by atoms with Gasteiger partial charge in [-0.2, -0.15) is 0 Å². The Morgan fingerprint density at radius 1 is 1.10 bits per heavy atom. The molecule has 1 heterocycles. The summed E-state index contributed by atoms with van der Waals surface area (Å²) in [5.74, 6) is -0.693. The van der Waals surface area contributed by atoms with Gasteiger partial charge < -0.3 is 19.1 Å². The number of halogens is 1. The zero-order valence-corrected chi connectivity index (χ0v) is 17.6. The molecule has 7 nitrogen and oxygen atoms in total. The first-order valence-corrected chi connectivity index (χ1v) is 9.70. The van der Waals surface area contributed by atoms with Gasteiger partial charge in [0.25, 0.3) is 0 Å². The van der Waals surface area contributed by atoms with Gasteiger partial charge in [-0.25, -0.2) is 0 Å². The van der Waals surface area contributed by atoms with Gasteiger partial charge in [-0.1, -0.05) is 28.1 Å². The highest BCUT2D eigenvalue weighted by molar-refractivity contribution is 9.10. The maximum Gasteiger partial charge on any atom is 0.311 e. The van der Waals surface area contributed by atoms with Crippen LogP contribution >= 0.6 is 15.9 Å². The molecule has 1 saturated heterocycles. The zero-order valence-electron chi connectivity index (χ0n) is 16.0. The van der Waals surface area contributed by atoms with E-state index in [1.54, 1.807) is 42.5 Å². The van der Waals surface area contributed by atoms with Crippen LogP contribution in [0.3, 0.4) is 0 Å². The molecule has 1 fully saturated rings. The third-order valence-corrected chi connectivity index (χ3v) is 5.18. The van der Waals surface area contributed by atoms with Crippen LogP contribution < -0.4 is 14.4 Å². The second-order valence-electron chi connectivity index (χ2n) is 6.48. The van der Waals surface area contributed by atoms with Gasteiger partial charge in [0.15, 0.2) is 12.4 Å². The molecule has 29 heavy (non-hydrogen) atoms. The highest BCUT2D eigenvalue weighted by atomic mass is 79.9. The number of carbonyl (C=O) groups excluding carboxylic acids is 3. The highest BCUT2D eigenvalue weighted by Gasteiger charge is 2.37. The Balaban J connectivity index is 1.64. The average molecular weight is 462 g/mol. The van der Waals surface area contributed by atoms with Crippen LogP contribution in [0.5, 0.6) is 11.5 Å². The molecule has 0 unspecified atom stereocenters. The van der Waals surface area contributed by atoms with Crippen LogP contribution in [0.1, 0.15) is 16.8 Å². The topological polar surface area (TPSA) is 82.1 Å². The SMILES string of the molecule is COc1ccc(OC)c(N2C[C@H](C(=O)OCC(=O)c3ccc(Br)cc3)CC2=O)c1. The minimum atomic E-state index is -0.656. The van der Waals surface area contributed by atoms with Crippen molar-refractivity contribution in [3.63, 3.8) is 0 Å². The van der Waals surface area contributed by atoms with E-state index < -0.39 is 11.9 Å². The molecule has 8 heteroatoms. The lowest BCUT2D eigenvalue weighted by molar-refractivity contribution is -0.147. The molecule has 0 radical (unpaired) electrons. The molecule has 0 bridgehead atoms. The van der Waals surface area contributed by atoms with Crippen LogP contribution in [0.25, 0.3) is 0 Å². The summed E-state index contributed by atoms with van der Waals surface area (Å²) in [6.45, 7) is -0.221. The summed E-state index contributed by atoms with van der Waals surface area (Å²) in [6, 6.07) is 11.9. The van der Waals surface area contributed by atoms with Crippen LogP contribution in [0.15, 0.2) is 46.9 Å². The van der Waals surface area contributed by atoms with E-state index >= 15 is 0 Å². The van der Waals surface area contributed by atoms with Gasteiger partial charge in [0.2, 0.25) is 5.91 Å². The van der Waals surface area contributed by atoms with Crippen LogP contribution in [0.2, 0.25) is 0 Å². The third-order valence-electron chi connectivity index (χ3n) is 4.65. The van der Waals surface area contributed by atoms with E-state index in [1.165, 1.54) is 19.1 Å². The molecule has 0 N–H and O–H groups in total. The maximum absolute atomic E-state index is 12.5. The van der Waals surface area contributed by atoms with Gasteiger partial charge in [0.1, 0.15) is 11.5 Å². The number of amides is 1. The number of hydrogen-bond acceptors (Lipinski definition) is 6. The van der Waals surface area contributed by atoms with Gasteiger partial charge in [-0.05, 0) is 24.3 Å². The molecular formula is C21H20BrNO6. The molecule has 1 aliphatic heterocycles. The van der Waals surface area contributed by atoms with E-state index in [9.17, 15) is 14.4 Å². The number of Topliss-reactive ketones (excluding diaryl/α,β-unsaturated/α-hetero) is 1. The zero-order chi connectivity index (χ0) is 21.0. The number of anilines is 1. The number of hydrogen-bond donors (Lipinski definition) is 0. The van der Waals surface area contributed by atoms with Crippen molar-refractivity contribution in [2.75, 3.05) is 32.3 Å². The van der Waals surface area contributed by atoms with Gasteiger partial charge in [0, 0.05) is 29.1 Å². The Kier molecular flexibility index (Phi) is 6.53. The van der Waals surface area contributed by atoms with Crippen LogP contribution in [-0.4, -0.2) is 45.0 Å². The van der Waals surface area contributed by atoms with Crippen molar-refractivity contribution < 1.29 is 28.6 Å². The first-order chi connectivity index (χ1) is 13.9. The molecule has 0 spiro atoms. The molecule has 1 atom stereocenters. The van der Waals surface area contributed by atoms with Crippen molar-refractivity contribution in [2.45, 2.75) is 6.42 Å². The Bertz CT molecular complexity index is 927. The molecule has 1 amide bonds. The fourth-order valence-electron chi connectivity index (χ4n) is 3.08. The Labute approximate surface area is 176 Å². The number of nitrogens with zero attached hydrogens (tertiary/aromatic N) is 1. The largest absolute Gasteiger partial charge is 0.497 e. The lowest BCUT2D eigenvalue weighted by Gasteiger charge is -2.20. The molecule has 0 aliphatic carbocycles.